The number of para-hydroxylation sites is 2. The van der Waals surface area contributed by atoms with Crippen LogP contribution in [0.3, 0.4) is 0 Å². The first-order valence-corrected chi connectivity index (χ1v) is 17.9. The van der Waals surface area contributed by atoms with Gasteiger partial charge in [0, 0.05) is 55.4 Å². The van der Waals surface area contributed by atoms with Gasteiger partial charge < -0.3 is 8.98 Å². The van der Waals surface area contributed by atoms with Gasteiger partial charge in [-0.3, -0.25) is 0 Å². The molecule has 8 aromatic carbocycles. The van der Waals surface area contributed by atoms with E-state index in [-0.39, 0.29) is 0 Å². The third kappa shape index (κ3) is 4.68. The molecule has 0 aliphatic heterocycles. The van der Waals surface area contributed by atoms with E-state index in [1.165, 1.54) is 5.39 Å². The van der Waals surface area contributed by atoms with Crippen LogP contribution in [0.4, 0.5) is 0 Å². The van der Waals surface area contributed by atoms with Gasteiger partial charge in [0.1, 0.15) is 11.2 Å². The topological polar surface area (TPSA) is 56.7 Å². The molecule has 0 aliphatic rings. The average Bonchev–Trinajstić information content (AvgIpc) is 3.76. The molecule has 0 saturated carbocycles. The Kier molecular flexibility index (Phi) is 6.54. The van der Waals surface area contributed by atoms with Crippen LogP contribution in [-0.4, -0.2) is 19.5 Å². The van der Waals surface area contributed by atoms with Gasteiger partial charge >= 0.3 is 0 Å². The maximum absolute atomic E-state index is 6.76. The van der Waals surface area contributed by atoms with Crippen molar-refractivity contribution in [3.05, 3.63) is 169 Å². The van der Waals surface area contributed by atoms with Crippen molar-refractivity contribution in [1.29, 1.82) is 0 Å². The molecule has 5 nitrogen and oxygen atoms in total. The largest absolute Gasteiger partial charge is 0.456 e. The highest BCUT2D eigenvalue weighted by molar-refractivity contribution is 6.38. The normalized spacial score (nSPS) is 11.9. The van der Waals surface area contributed by atoms with E-state index < -0.39 is 0 Å². The molecule has 3 aromatic heterocycles. The average molecular weight is 699 g/mol. The van der Waals surface area contributed by atoms with Crippen LogP contribution < -0.4 is 0 Å². The molecule has 0 bridgehead atoms. The monoisotopic (exact) mass is 698 g/mol. The number of hydrogen-bond donors (Lipinski definition) is 0. The first-order chi connectivity index (χ1) is 26.2. The third-order valence-corrected chi connectivity index (χ3v) is 10.6. The van der Waals surface area contributed by atoms with Crippen LogP contribution in [0.15, 0.2) is 168 Å². The minimum atomic E-state index is 0.564. The summed E-state index contributed by atoms with van der Waals surface area (Å²) in [6.07, 6.45) is 0. The fourth-order valence-corrected chi connectivity index (χ4v) is 8.14. The Morgan fingerprint density at radius 3 is 1.94 bits per heavy atom. The molecule has 11 aromatic rings. The SMILES string of the molecule is Clc1cc2oc3cccc(-c4nc(-c5ccc6ccccc6c5)nc(-c5ccc6c7ccccc7n(-c7ccccc7)c6c5)n4)c3c2c2ccccc12. The van der Waals surface area contributed by atoms with E-state index in [2.05, 4.69) is 126 Å². The van der Waals surface area contributed by atoms with E-state index in [1.807, 2.05) is 42.5 Å². The maximum Gasteiger partial charge on any atom is 0.164 e. The maximum atomic E-state index is 6.76. The lowest BCUT2D eigenvalue weighted by Crippen LogP contribution is -2.01. The molecular weight excluding hydrogens is 672 g/mol. The van der Waals surface area contributed by atoms with Gasteiger partial charge in [0.25, 0.3) is 0 Å². The highest BCUT2D eigenvalue weighted by Gasteiger charge is 2.21. The molecule has 0 radical (unpaired) electrons. The van der Waals surface area contributed by atoms with Gasteiger partial charge in [-0.1, -0.05) is 133 Å². The summed E-state index contributed by atoms with van der Waals surface area (Å²) in [5.41, 5.74) is 7.44. The molecule has 53 heavy (non-hydrogen) atoms. The number of rotatable bonds is 4. The van der Waals surface area contributed by atoms with Crippen LogP contribution >= 0.6 is 11.6 Å². The van der Waals surface area contributed by atoms with Gasteiger partial charge in [0.05, 0.1) is 16.1 Å². The number of aromatic nitrogens is 4. The van der Waals surface area contributed by atoms with Crippen LogP contribution in [0.5, 0.6) is 0 Å². The summed E-state index contributed by atoms with van der Waals surface area (Å²) in [5, 5.41) is 9.19. The smallest absolute Gasteiger partial charge is 0.164 e. The first-order valence-electron chi connectivity index (χ1n) is 17.5. The Morgan fingerprint density at radius 2 is 1.09 bits per heavy atom. The van der Waals surface area contributed by atoms with E-state index >= 15 is 0 Å². The van der Waals surface area contributed by atoms with Crippen molar-refractivity contribution < 1.29 is 4.42 Å². The highest BCUT2D eigenvalue weighted by Crippen LogP contribution is 2.42. The van der Waals surface area contributed by atoms with Crippen LogP contribution in [0, 0.1) is 0 Å². The zero-order valence-electron chi connectivity index (χ0n) is 28.2. The number of benzene rings is 8. The number of fused-ring (bicyclic) bond motifs is 9. The van der Waals surface area contributed by atoms with E-state index in [4.69, 9.17) is 31.0 Å². The standard InChI is InChI=1S/C47H27ClN4O/c48-38-27-42-43(36-17-7-6-15-33(36)38)44-37(18-10-20-41(44)53-42)47-50-45(30-22-21-28-11-4-5-12-29(28)25-30)49-46(51-47)31-23-24-35-34-16-8-9-19-39(34)52(40(35)26-31)32-13-2-1-3-14-32/h1-27H. The second kappa shape index (κ2) is 11.6. The van der Waals surface area contributed by atoms with Crippen LogP contribution in [0.2, 0.25) is 5.02 Å². The van der Waals surface area contributed by atoms with Crippen molar-refractivity contribution in [2.24, 2.45) is 0 Å². The number of halogens is 1. The Hall–Kier alpha value is -6.82. The molecule has 3 heterocycles. The summed E-state index contributed by atoms with van der Waals surface area (Å²) in [4.78, 5) is 15.7. The Bertz CT molecular complexity index is 3250. The Balaban J connectivity index is 1.20. The summed E-state index contributed by atoms with van der Waals surface area (Å²) in [7, 11) is 0. The molecule has 0 atom stereocenters. The Labute approximate surface area is 308 Å². The van der Waals surface area contributed by atoms with E-state index in [9.17, 15) is 0 Å². The molecule has 0 N–H and O–H groups in total. The van der Waals surface area contributed by atoms with Crippen molar-refractivity contribution in [3.8, 4) is 39.9 Å². The Morgan fingerprint density at radius 1 is 0.434 bits per heavy atom. The van der Waals surface area contributed by atoms with Crippen molar-refractivity contribution in [2.45, 2.75) is 0 Å². The molecule has 248 valence electrons. The third-order valence-electron chi connectivity index (χ3n) is 10.3. The fraction of sp³-hybridized carbons (Fsp3) is 0. The first kappa shape index (κ1) is 29.9. The lowest BCUT2D eigenvalue weighted by molar-refractivity contribution is 0.669. The summed E-state index contributed by atoms with van der Waals surface area (Å²) in [6.45, 7) is 0. The lowest BCUT2D eigenvalue weighted by Gasteiger charge is -2.11. The summed E-state index contributed by atoms with van der Waals surface area (Å²) >= 11 is 6.76. The number of hydrogen-bond acceptors (Lipinski definition) is 4. The quantitative estimate of drug-likeness (QED) is 0.184. The minimum absolute atomic E-state index is 0.564. The van der Waals surface area contributed by atoms with E-state index in [1.54, 1.807) is 0 Å². The van der Waals surface area contributed by atoms with Gasteiger partial charge in [-0.2, -0.15) is 0 Å². The molecule has 11 rings (SSSR count). The highest BCUT2D eigenvalue weighted by atomic mass is 35.5. The summed E-state index contributed by atoms with van der Waals surface area (Å²) < 4.78 is 8.77. The van der Waals surface area contributed by atoms with Crippen molar-refractivity contribution in [2.75, 3.05) is 0 Å². The van der Waals surface area contributed by atoms with Crippen LogP contribution in [0.25, 0.3) is 105 Å². The van der Waals surface area contributed by atoms with Crippen molar-refractivity contribution in [3.63, 3.8) is 0 Å². The van der Waals surface area contributed by atoms with Crippen molar-refractivity contribution in [1.82, 2.24) is 19.5 Å². The summed E-state index contributed by atoms with van der Waals surface area (Å²) in [6, 6.07) is 56.4. The molecule has 0 saturated heterocycles. The molecule has 0 amide bonds. The van der Waals surface area contributed by atoms with E-state index in [0.29, 0.717) is 22.5 Å². The summed E-state index contributed by atoms with van der Waals surface area (Å²) in [5.74, 6) is 1.74. The van der Waals surface area contributed by atoms with Gasteiger partial charge in [-0.25, -0.2) is 15.0 Å². The zero-order valence-corrected chi connectivity index (χ0v) is 28.9. The molecular formula is C47H27ClN4O. The number of furan rings is 1. The number of nitrogens with zero attached hydrogens (tertiary/aromatic N) is 4. The molecule has 6 heteroatoms. The second-order valence-electron chi connectivity index (χ2n) is 13.3. The fourth-order valence-electron chi connectivity index (χ4n) is 7.87. The van der Waals surface area contributed by atoms with Gasteiger partial charge in [-0.15, -0.1) is 0 Å². The molecule has 0 aliphatic carbocycles. The predicted octanol–water partition coefficient (Wildman–Crippen LogP) is 12.8. The zero-order chi connectivity index (χ0) is 35.0. The lowest BCUT2D eigenvalue weighted by atomic mass is 10.00. The van der Waals surface area contributed by atoms with Crippen LogP contribution in [-0.2, 0) is 0 Å². The minimum Gasteiger partial charge on any atom is -0.456 e. The van der Waals surface area contributed by atoms with Crippen LogP contribution in [0.1, 0.15) is 0 Å². The molecule has 0 spiro atoms. The van der Waals surface area contributed by atoms with Gasteiger partial charge in [0.15, 0.2) is 17.5 Å². The van der Waals surface area contributed by atoms with Crippen molar-refractivity contribution >= 4 is 76.9 Å². The van der Waals surface area contributed by atoms with Gasteiger partial charge in [-0.05, 0) is 52.6 Å². The second-order valence-corrected chi connectivity index (χ2v) is 13.8. The predicted molar refractivity (Wildman–Crippen MR) is 218 cm³/mol. The van der Waals surface area contributed by atoms with Gasteiger partial charge in [0.2, 0.25) is 0 Å². The molecule has 0 fully saturated rings. The van der Waals surface area contributed by atoms with E-state index in [0.717, 1.165) is 82.3 Å². The molecule has 0 unspecified atom stereocenters.